The highest BCUT2D eigenvalue weighted by atomic mass is 16.5. The van der Waals surface area contributed by atoms with E-state index in [0.29, 0.717) is 26.1 Å². The maximum atomic E-state index is 12.7. The molecule has 4 rings (SSSR count). The van der Waals surface area contributed by atoms with E-state index in [9.17, 15) is 9.59 Å². The van der Waals surface area contributed by atoms with Crippen molar-refractivity contribution in [3.63, 3.8) is 0 Å². The second kappa shape index (κ2) is 7.00. The van der Waals surface area contributed by atoms with E-state index in [4.69, 9.17) is 4.74 Å². The Bertz CT molecular complexity index is 865. The zero-order valence-electron chi connectivity index (χ0n) is 16.0. The van der Waals surface area contributed by atoms with Crippen LogP contribution >= 0.6 is 0 Å². The fourth-order valence-corrected chi connectivity index (χ4v) is 4.43. The normalized spacial score (nSPS) is 19.7. The first kappa shape index (κ1) is 18.0. The van der Waals surface area contributed by atoms with Gasteiger partial charge in [-0.3, -0.25) is 9.59 Å². The summed E-state index contributed by atoms with van der Waals surface area (Å²) in [5.74, 6) is -0.109. The molecule has 6 nitrogen and oxygen atoms in total. The monoisotopic (exact) mass is 369 g/mol. The zero-order valence-corrected chi connectivity index (χ0v) is 16.0. The number of nitrogens with zero attached hydrogens (tertiary/aromatic N) is 1. The summed E-state index contributed by atoms with van der Waals surface area (Å²) in [7, 11) is 0. The molecule has 2 amide bonds. The van der Waals surface area contributed by atoms with Crippen molar-refractivity contribution in [1.82, 2.24) is 15.2 Å². The number of likely N-dealkylation sites (tertiary alicyclic amines) is 1. The molecule has 0 saturated carbocycles. The molecule has 144 valence electrons. The minimum atomic E-state index is -0.484. The average Bonchev–Trinajstić information content (AvgIpc) is 3.08. The lowest BCUT2D eigenvalue weighted by Crippen LogP contribution is -2.53. The summed E-state index contributed by atoms with van der Waals surface area (Å²) in [6, 6.07) is 7.91. The number of para-hydroxylation sites is 1. The number of rotatable bonds is 3. The van der Waals surface area contributed by atoms with E-state index in [0.717, 1.165) is 24.8 Å². The van der Waals surface area contributed by atoms with Crippen LogP contribution in [0.15, 0.2) is 24.3 Å². The van der Waals surface area contributed by atoms with E-state index in [1.54, 1.807) is 13.8 Å². The highest BCUT2D eigenvalue weighted by Gasteiger charge is 2.43. The lowest BCUT2D eigenvalue weighted by atomic mass is 9.83. The largest absolute Gasteiger partial charge is 0.368 e. The number of hydrogen-bond donors (Lipinski definition) is 2. The molecule has 6 heteroatoms. The first-order valence-electron chi connectivity index (χ1n) is 9.86. The van der Waals surface area contributed by atoms with Gasteiger partial charge in [0.25, 0.3) is 0 Å². The van der Waals surface area contributed by atoms with Crippen LogP contribution in [0.2, 0.25) is 0 Å². The van der Waals surface area contributed by atoms with E-state index < -0.39 is 6.04 Å². The third kappa shape index (κ3) is 3.12. The van der Waals surface area contributed by atoms with Crippen LogP contribution in [-0.4, -0.2) is 47.4 Å². The van der Waals surface area contributed by atoms with Crippen molar-refractivity contribution >= 4 is 22.7 Å². The van der Waals surface area contributed by atoms with Gasteiger partial charge in [0, 0.05) is 30.4 Å². The lowest BCUT2D eigenvalue weighted by Gasteiger charge is -2.44. The molecule has 2 aromatic rings. The van der Waals surface area contributed by atoms with Crippen molar-refractivity contribution in [3.8, 4) is 0 Å². The van der Waals surface area contributed by atoms with Crippen molar-refractivity contribution in [1.29, 1.82) is 0 Å². The zero-order chi connectivity index (χ0) is 19.0. The fourth-order valence-electron chi connectivity index (χ4n) is 4.43. The van der Waals surface area contributed by atoms with Crippen molar-refractivity contribution in [2.24, 2.45) is 0 Å². The number of amides is 2. The van der Waals surface area contributed by atoms with Crippen LogP contribution in [0.4, 0.5) is 0 Å². The number of fused-ring (bicyclic) bond motifs is 4. The third-order valence-corrected chi connectivity index (χ3v) is 5.95. The maximum absolute atomic E-state index is 12.7. The quantitative estimate of drug-likeness (QED) is 0.873. The number of carbonyl (C=O) groups excluding carboxylic acids is 2. The second-order valence-electron chi connectivity index (χ2n) is 7.58. The third-order valence-electron chi connectivity index (χ3n) is 5.95. The molecule has 0 aliphatic carbocycles. The minimum Gasteiger partial charge on any atom is -0.368 e. The SMILES string of the molecule is CCC(=O)NC(C)C(=O)N1CCC2(CC1)OCCc1c2[nH]c2ccccc12. The number of carbonyl (C=O) groups is 2. The molecule has 0 bridgehead atoms. The van der Waals surface area contributed by atoms with Crippen LogP contribution in [0.3, 0.4) is 0 Å². The van der Waals surface area contributed by atoms with Gasteiger partial charge in [0.1, 0.15) is 11.6 Å². The smallest absolute Gasteiger partial charge is 0.244 e. The molecule has 0 radical (unpaired) electrons. The van der Waals surface area contributed by atoms with Gasteiger partial charge in [-0.2, -0.15) is 0 Å². The number of aromatic nitrogens is 1. The number of aromatic amines is 1. The Morgan fingerprint density at radius 3 is 2.78 bits per heavy atom. The van der Waals surface area contributed by atoms with Crippen LogP contribution < -0.4 is 5.32 Å². The van der Waals surface area contributed by atoms with Crippen molar-refractivity contribution < 1.29 is 14.3 Å². The first-order valence-corrected chi connectivity index (χ1v) is 9.86. The van der Waals surface area contributed by atoms with Gasteiger partial charge in [0.15, 0.2) is 0 Å². The van der Waals surface area contributed by atoms with E-state index in [1.165, 1.54) is 16.6 Å². The van der Waals surface area contributed by atoms with Crippen molar-refractivity contribution in [2.75, 3.05) is 19.7 Å². The van der Waals surface area contributed by atoms with Crippen LogP contribution in [-0.2, 0) is 26.3 Å². The summed E-state index contributed by atoms with van der Waals surface area (Å²) in [6.07, 6.45) is 2.85. The van der Waals surface area contributed by atoms with E-state index >= 15 is 0 Å². The maximum Gasteiger partial charge on any atom is 0.244 e. The highest BCUT2D eigenvalue weighted by molar-refractivity contribution is 5.87. The van der Waals surface area contributed by atoms with E-state index in [1.807, 2.05) is 11.0 Å². The Morgan fingerprint density at radius 2 is 2.04 bits per heavy atom. The number of H-pyrrole nitrogens is 1. The minimum absolute atomic E-state index is 0.0145. The van der Waals surface area contributed by atoms with Gasteiger partial charge in [-0.15, -0.1) is 0 Å². The Balaban J connectivity index is 1.51. The van der Waals surface area contributed by atoms with Crippen molar-refractivity contribution in [3.05, 3.63) is 35.5 Å². The molecule has 3 heterocycles. The summed E-state index contributed by atoms with van der Waals surface area (Å²) in [4.78, 5) is 29.7. The van der Waals surface area contributed by atoms with Crippen LogP contribution in [0.1, 0.15) is 44.4 Å². The Labute approximate surface area is 159 Å². The molecule has 1 fully saturated rings. The number of hydrogen-bond acceptors (Lipinski definition) is 3. The topological polar surface area (TPSA) is 74.4 Å². The molecular weight excluding hydrogens is 342 g/mol. The number of piperidine rings is 1. The van der Waals surface area contributed by atoms with E-state index in [-0.39, 0.29) is 17.4 Å². The fraction of sp³-hybridized carbons (Fsp3) is 0.524. The molecule has 2 N–H and O–H groups in total. The predicted molar refractivity (Wildman–Crippen MR) is 103 cm³/mol. The number of benzene rings is 1. The van der Waals surface area contributed by atoms with Gasteiger partial charge in [-0.25, -0.2) is 0 Å². The van der Waals surface area contributed by atoms with Crippen LogP contribution in [0.25, 0.3) is 10.9 Å². The molecule has 27 heavy (non-hydrogen) atoms. The summed E-state index contributed by atoms with van der Waals surface area (Å²) < 4.78 is 6.29. The Hall–Kier alpha value is -2.34. The molecule has 1 unspecified atom stereocenters. The molecule has 1 atom stereocenters. The van der Waals surface area contributed by atoms with E-state index in [2.05, 4.69) is 28.5 Å². The van der Waals surface area contributed by atoms with Gasteiger partial charge >= 0.3 is 0 Å². The van der Waals surface area contributed by atoms with Crippen molar-refractivity contribution in [2.45, 2.75) is 51.2 Å². The average molecular weight is 369 g/mol. The summed E-state index contributed by atoms with van der Waals surface area (Å²) in [6.45, 7) is 5.54. The van der Waals surface area contributed by atoms with Gasteiger partial charge in [0.05, 0.1) is 12.3 Å². The summed E-state index contributed by atoms with van der Waals surface area (Å²) >= 11 is 0. The molecule has 1 spiro atoms. The molecule has 1 aromatic carbocycles. The Morgan fingerprint density at radius 1 is 1.30 bits per heavy atom. The standard InChI is InChI=1S/C21H27N3O3/c1-3-18(25)22-14(2)20(26)24-11-9-21(10-12-24)19-16(8-13-27-21)15-6-4-5-7-17(15)23-19/h4-7,14,23H,3,8-13H2,1-2H3,(H,22,25). The Kier molecular flexibility index (Phi) is 4.68. The lowest BCUT2D eigenvalue weighted by molar-refractivity contribution is -0.144. The van der Waals surface area contributed by atoms with Gasteiger partial charge in [-0.05, 0) is 37.8 Å². The van der Waals surface area contributed by atoms with Gasteiger partial charge in [0.2, 0.25) is 11.8 Å². The number of nitrogens with one attached hydrogen (secondary N) is 2. The molecule has 1 saturated heterocycles. The molecule has 2 aliphatic heterocycles. The molecule has 1 aromatic heterocycles. The molecule has 2 aliphatic rings. The van der Waals surface area contributed by atoms with Crippen LogP contribution in [0, 0.1) is 0 Å². The highest BCUT2D eigenvalue weighted by Crippen LogP contribution is 2.43. The predicted octanol–water partition coefficient (Wildman–Crippen LogP) is 2.47. The molecular formula is C21H27N3O3. The van der Waals surface area contributed by atoms with Crippen LogP contribution in [0.5, 0.6) is 0 Å². The summed E-state index contributed by atoms with van der Waals surface area (Å²) in [5, 5.41) is 4.05. The first-order chi connectivity index (χ1) is 13.0. The second-order valence-corrected chi connectivity index (χ2v) is 7.58. The number of ether oxygens (including phenoxy) is 1. The van der Waals surface area contributed by atoms with Gasteiger partial charge in [-0.1, -0.05) is 25.1 Å². The summed E-state index contributed by atoms with van der Waals surface area (Å²) in [5.41, 5.74) is 3.37. The van der Waals surface area contributed by atoms with Gasteiger partial charge < -0.3 is 19.9 Å².